The van der Waals surface area contributed by atoms with Crippen LogP contribution in [0.1, 0.15) is 43.3 Å². The van der Waals surface area contributed by atoms with Gasteiger partial charge in [0.05, 0.1) is 0 Å². The van der Waals surface area contributed by atoms with Gasteiger partial charge in [0.1, 0.15) is 0 Å². The van der Waals surface area contributed by atoms with E-state index in [4.69, 9.17) is 15.4 Å². The zero-order chi connectivity index (χ0) is 13.5. The van der Waals surface area contributed by atoms with Crippen molar-refractivity contribution in [2.45, 2.75) is 37.0 Å². The number of nitrogens with two attached hydrogens (primary N) is 1. The van der Waals surface area contributed by atoms with Crippen LogP contribution in [0.15, 0.2) is 4.52 Å². The monoisotopic (exact) mass is 266 g/mol. The summed E-state index contributed by atoms with van der Waals surface area (Å²) in [4.78, 5) is 16.8. The van der Waals surface area contributed by atoms with Gasteiger partial charge in [-0.05, 0) is 25.7 Å². The quantitative estimate of drug-likeness (QED) is 0.842. The third-order valence-corrected chi connectivity index (χ3v) is 4.28. The minimum absolute atomic E-state index is 0.0521. The summed E-state index contributed by atoms with van der Waals surface area (Å²) >= 11 is 0. The molecule has 3 N–H and O–H groups in total. The Bertz CT molecular complexity index is 475. The number of likely N-dealkylation sites (tertiary alicyclic amines) is 1. The summed E-state index contributed by atoms with van der Waals surface area (Å²) in [5.41, 5.74) is 5.69. The molecule has 2 aliphatic rings. The number of rotatable bonds is 3. The van der Waals surface area contributed by atoms with Gasteiger partial charge in [0.25, 0.3) is 0 Å². The largest absolute Gasteiger partial charge is 0.465 e. The summed E-state index contributed by atoms with van der Waals surface area (Å²) < 4.78 is 5.35. The van der Waals surface area contributed by atoms with Gasteiger partial charge in [0, 0.05) is 31.0 Å². The Kier molecular flexibility index (Phi) is 2.93. The minimum atomic E-state index is -0.857. The average molecular weight is 266 g/mol. The molecule has 1 saturated heterocycles. The summed E-state index contributed by atoms with van der Waals surface area (Å²) in [6, 6.07) is 0. The number of piperidine rings is 1. The van der Waals surface area contributed by atoms with Gasteiger partial charge in [0.15, 0.2) is 5.82 Å². The Labute approximate surface area is 110 Å². The van der Waals surface area contributed by atoms with Crippen LogP contribution in [0.25, 0.3) is 0 Å². The molecule has 1 aromatic heterocycles. The third kappa shape index (κ3) is 2.18. The van der Waals surface area contributed by atoms with Crippen molar-refractivity contribution < 1.29 is 14.4 Å². The van der Waals surface area contributed by atoms with Gasteiger partial charge < -0.3 is 20.3 Å². The van der Waals surface area contributed by atoms with Gasteiger partial charge in [-0.25, -0.2) is 4.79 Å². The van der Waals surface area contributed by atoms with Crippen molar-refractivity contribution in [1.29, 1.82) is 0 Å². The van der Waals surface area contributed by atoms with Crippen LogP contribution in [0.2, 0.25) is 0 Å². The number of aromatic nitrogens is 2. The molecule has 1 amide bonds. The first-order valence-electron chi connectivity index (χ1n) is 6.67. The molecule has 0 atom stereocenters. The first-order chi connectivity index (χ1) is 9.14. The number of amides is 1. The van der Waals surface area contributed by atoms with E-state index in [1.54, 1.807) is 0 Å². The minimum Gasteiger partial charge on any atom is -0.465 e. The van der Waals surface area contributed by atoms with E-state index < -0.39 is 6.09 Å². The van der Waals surface area contributed by atoms with E-state index in [2.05, 4.69) is 10.1 Å². The van der Waals surface area contributed by atoms with Gasteiger partial charge in [-0.2, -0.15) is 4.98 Å². The van der Waals surface area contributed by atoms with E-state index in [-0.39, 0.29) is 11.3 Å². The molecular weight excluding hydrogens is 248 g/mol. The highest BCUT2D eigenvalue weighted by Gasteiger charge is 2.47. The number of carbonyl (C=O) groups is 1. The second-order valence-electron chi connectivity index (χ2n) is 5.48. The normalized spacial score (nSPS) is 22.5. The Morgan fingerprint density at radius 1 is 1.47 bits per heavy atom. The Hall–Kier alpha value is -1.63. The summed E-state index contributed by atoms with van der Waals surface area (Å²) in [6.45, 7) is 1.61. The molecule has 1 aliphatic heterocycles. The first kappa shape index (κ1) is 12.4. The number of hydrogen-bond acceptors (Lipinski definition) is 5. The van der Waals surface area contributed by atoms with Crippen molar-refractivity contribution in [1.82, 2.24) is 15.0 Å². The standard InChI is InChI=1S/C12H18N4O3/c13-7-12(3-4-12)10-14-9(19-15-10)8-1-5-16(6-2-8)11(17)18/h8H,1-7,13H2,(H,17,18). The van der Waals surface area contributed by atoms with Crippen LogP contribution in [-0.2, 0) is 5.41 Å². The molecule has 0 aromatic carbocycles. The van der Waals surface area contributed by atoms with Crippen LogP contribution in [0.5, 0.6) is 0 Å². The second-order valence-corrected chi connectivity index (χ2v) is 5.48. The number of hydrogen-bond donors (Lipinski definition) is 2. The van der Waals surface area contributed by atoms with Crippen LogP contribution in [0.4, 0.5) is 4.79 Å². The molecule has 7 nitrogen and oxygen atoms in total. The molecule has 7 heteroatoms. The van der Waals surface area contributed by atoms with E-state index in [9.17, 15) is 4.79 Å². The second kappa shape index (κ2) is 4.48. The molecule has 3 rings (SSSR count). The fourth-order valence-corrected chi connectivity index (χ4v) is 2.60. The maximum atomic E-state index is 10.8. The molecule has 0 unspecified atom stereocenters. The SMILES string of the molecule is NCC1(c2noc(C3CCN(C(=O)O)CC3)n2)CC1. The van der Waals surface area contributed by atoms with Gasteiger partial charge in [-0.1, -0.05) is 5.16 Å². The van der Waals surface area contributed by atoms with Crippen molar-refractivity contribution in [3.63, 3.8) is 0 Å². The summed E-state index contributed by atoms with van der Waals surface area (Å²) in [6.07, 6.45) is 2.68. The molecule has 1 aromatic rings. The number of carboxylic acid groups (broad SMARTS) is 1. The van der Waals surface area contributed by atoms with Crippen LogP contribution in [-0.4, -0.2) is 45.9 Å². The van der Waals surface area contributed by atoms with Crippen LogP contribution in [0.3, 0.4) is 0 Å². The molecule has 0 radical (unpaired) electrons. The van der Waals surface area contributed by atoms with Crippen molar-refractivity contribution in [3.05, 3.63) is 11.7 Å². The maximum absolute atomic E-state index is 10.8. The van der Waals surface area contributed by atoms with Gasteiger partial charge in [-0.3, -0.25) is 0 Å². The lowest BCUT2D eigenvalue weighted by Gasteiger charge is -2.27. The molecule has 0 spiro atoms. The van der Waals surface area contributed by atoms with E-state index in [1.807, 2.05) is 0 Å². The smallest absolute Gasteiger partial charge is 0.407 e. The topological polar surface area (TPSA) is 105 Å². The number of nitrogens with zero attached hydrogens (tertiary/aromatic N) is 3. The highest BCUT2D eigenvalue weighted by Crippen LogP contribution is 2.46. The lowest BCUT2D eigenvalue weighted by molar-refractivity contribution is 0.128. The fraction of sp³-hybridized carbons (Fsp3) is 0.750. The summed E-state index contributed by atoms with van der Waals surface area (Å²) in [5, 5.41) is 13.0. The van der Waals surface area contributed by atoms with Crippen LogP contribution >= 0.6 is 0 Å². The maximum Gasteiger partial charge on any atom is 0.407 e. The highest BCUT2D eigenvalue weighted by atomic mass is 16.5. The van der Waals surface area contributed by atoms with E-state index >= 15 is 0 Å². The van der Waals surface area contributed by atoms with Gasteiger partial charge in [0.2, 0.25) is 5.89 Å². The molecule has 2 fully saturated rings. The van der Waals surface area contributed by atoms with Crippen molar-refractivity contribution in [3.8, 4) is 0 Å². The van der Waals surface area contributed by atoms with Crippen molar-refractivity contribution in [2.24, 2.45) is 5.73 Å². The molecular formula is C12H18N4O3. The Morgan fingerprint density at radius 2 is 2.16 bits per heavy atom. The fourth-order valence-electron chi connectivity index (χ4n) is 2.60. The Morgan fingerprint density at radius 3 is 2.68 bits per heavy atom. The zero-order valence-electron chi connectivity index (χ0n) is 10.7. The third-order valence-electron chi connectivity index (χ3n) is 4.28. The highest BCUT2D eigenvalue weighted by molar-refractivity contribution is 5.65. The van der Waals surface area contributed by atoms with E-state index in [0.29, 0.717) is 25.5 Å². The van der Waals surface area contributed by atoms with Gasteiger partial charge >= 0.3 is 6.09 Å². The van der Waals surface area contributed by atoms with Crippen LogP contribution < -0.4 is 5.73 Å². The van der Waals surface area contributed by atoms with Crippen molar-refractivity contribution in [2.75, 3.05) is 19.6 Å². The predicted octanol–water partition coefficient (Wildman–Crippen LogP) is 0.917. The molecule has 1 aliphatic carbocycles. The lowest BCUT2D eigenvalue weighted by atomic mass is 9.97. The van der Waals surface area contributed by atoms with Gasteiger partial charge in [-0.15, -0.1) is 0 Å². The molecule has 2 heterocycles. The molecule has 0 bridgehead atoms. The molecule has 1 saturated carbocycles. The van der Waals surface area contributed by atoms with Crippen molar-refractivity contribution >= 4 is 6.09 Å². The predicted molar refractivity (Wildman–Crippen MR) is 65.8 cm³/mol. The van der Waals surface area contributed by atoms with E-state index in [0.717, 1.165) is 31.5 Å². The lowest BCUT2D eigenvalue weighted by Crippen LogP contribution is -2.36. The van der Waals surface area contributed by atoms with Crippen LogP contribution in [0, 0.1) is 0 Å². The Balaban J connectivity index is 1.66. The first-order valence-corrected chi connectivity index (χ1v) is 6.67. The zero-order valence-corrected chi connectivity index (χ0v) is 10.7. The van der Waals surface area contributed by atoms with E-state index in [1.165, 1.54) is 4.90 Å². The summed E-state index contributed by atoms with van der Waals surface area (Å²) in [7, 11) is 0. The summed E-state index contributed by atoms with van der Waals surface area (Å²) in [5.74, 6) is 1.54. The molecule has 19 heavy (non-hydrogen) atoms. The average Bonchev–Trinajstić information content (AvgIpc) is 3.08. The molecule has 104 valence electrons.